The Kier molecular flexibility index (Phi) is 5.44. The zero-order valence-corrected chi connectivity index (χ0v) is 15.3. The van der Waals surface area contributed by atoms with E-state index in [1.54, 1.807) is 6.20 Å². The SMILES string of the molecule is CCc1nsc(N2CCCN(c3cncc(OC(C)C)n3)CC2)n1. The molecule has 0 saturated carbocycles. The summed E-state index contributed by atoms with van der Waals surface area (Å²) in [5.41, 5.74) is 0. The van der Waals surface area contributed by atoms with Crippen molar-refractivity contribution in [1.82, 2.24) is 19.3 Å². The largest absolute Gasteiger partial charge is 0.474 e. The molecule has 1 aliphatic heterocycles. The Morgan fingerprint density at radius 3 is 2.67 bits per heavy atom. The van der Waals surface area contributed by atoms with Crippen molar-refractivity contribution in [2.75, 3.05) is 36.0 Å². The van der Waals surface area contributed by atoms with E-state index in [1.165, 1.54) is 11.5 Å². The molecule has 24 heavy (non-hydrogen) atoms. The maximum absolute atomic E-state index is 5.66. The molecule has 0 bridgehead atoms. The van der Waals surface area contributed by atoms with Crippen molar-refractivity contribution in [3.8, 4) is 5.88 Å². The molecule has 2 aromatic rings. The summed E-state index contributed by atoms with van der Waals surface area (Å²) in [6.07, 6.45) is 5.51. The van der Waals surface area contributed by atoms with Crippen LogP contribution in [0.15, 0.2) is 12.4 Å². The summed E-state index contributed by atoms with van der Waals surface area (Å²) < 4.78 is 10.0. The number of aromatic nitrogens is 4. The fourth-order valence-corrected chi connectivity index (χ4v) is 3.44. The van der Waals surface area contributed by atoms with Crippen LogP contribution in [0.2, 0.25) is 0 Å². The topological polar surface area (TPSA) is 67.3 Å². The zero-order chi connectivity index (χ0) is 16.9. The summed E-state index contributed by atoms with van der Waals surface area (Å²) in [5.74, 6) is 2.39. The number of hydrogen-bond donors (Lipinski definition) is 0. The summed E-state index contributed by atoms with van der Waals surface area (Å²) in [4.78, 5) is 18.1. The van der Waals surface area contributed by atoms with Gasteiger partial charge in [-0.3, -0.25) is 4.98 Å². The lowest BCUT2D eigenvalue weighted by molar-refractivity contribution is 0.231. The van der Waals surface area contributed by atoms with Crippen LogP contribution in [0.4, 0.5) is 10.9 Å². The van der Waals surface area contributed by atoms with Gasteiger partial charge in [0.25, 0.3) is 0 Å². The first kappa shape index (κ1) is 16.9. The van der Waals surface area contributed by atoms with Crippen LogP contribution in [-0.2, 0) is 6.42 Å². The van der Waals surface area contributed by atoms with Gasteiger partial charge >= 0.3 is 0 Å². The number of rotatable bonds is 5. The number of aryl methyl sites for hydroxylation is 1. The average molecular weight is 348 g/mol. The first-order valence-electron chi connectivity index (χ1n) is 8.47. The monoisotopic (exact) mass is 348 g/mol. The molecule has 0 N–H and O–H groups in total. The van der Waals surface area contributed by atoms with E-state index in [-0.39, 0.29) is 6.10 Å². The predicted octanol–water partition coefficient (Wildman–Crippen LogP) is 2.39. The maximum atomic E-state index is 5.66. The van der Waals surface area contributed by atoms with Crippen LogP contribution in [0, 0.1) is 0 Å². The van der Waals surface area contributed by atoms with Gasteiger partial charge < -0.3 is 14.5 Å². The molecule has 0 aliphatic carbocycles. The summed E-state index contributed by atoms with van der Waals surface area (Å²) in [5, 5.41) is 1.02. The Morgan fingerprint density at radius 2 is 1.92 bits per heavy atom. The van der Waals surface area contributed by atoms with Crippen LogP contribution in [0.5, 0.6) is 5.88 Å². The fraction of sp³-hybridized carbons (Fsp3) is 0.625. The van der Waals surface area contributed by atoms with E-state index in [0.29, 0.717) is 5.88 Å². The Labute approximate surface area is 146 Å². The van der Waals surface area contributed by atoms with Crippen LogP contribution in [0.3, 0.4) is 0 Å². The van der Waals surface area contributed by atoms with Crippen molar-refractivity contribution in [2.24, 2.45) is 0 Å². The summed E-state index contributed by atoms with van der Waals surface area (Å²) >= 11 is 1.49. The molecule has 1 saturated heterocycles. The second-order valence-corrected chi connectivity index (χ2v) is 6.79. The van der Waals surface area contributed by atoms with Crippen molar-refractivity contribution in [3.05, 3.63) is 18.2 Å². The highest BCUT2D eigenvalue weighted by molar-refractivity contribution is 7.09. The zero-order valence-electron chi connectivity index (χ0n) is 14.5. The third-order valence-electron chi connectivity index (χ3n) is 3.82. The normalized spacial score (nSPS) is 15.7. The highest BCUT2D eigenvalue weighted by atomic mass is 32.1. The highest BCUT2D eigenvalue weighted by Crippen LogP contribution is 2.22. The van der Waals surface area contributed by atoms with E-state index in [9.17, 15) is 0 Å². The maximum Gasteiger partial charge on any atom is 0.234 e. The smallest absolute Gasteiger partial charge is 0.234 e. The molecule has 2 aromatic heterocycles. The molecule has 0 spiro atoms. The van der Waals surface area contributed by atoms with Gasteiger partial charge in [-0.05, 0) is 20.3 Å². The van der Waals surface area contributed by atoms with Gasteiger partial charge in [-0.2, -0.15) is 9.36 Å². The second kappa shape index (κ2) is 7.74. The predicted molar refractivity (Wildman–Crippen MR) is 96.1 cm³/mol. The first-order valence-corrected chi connectivity index (χ1v) is 9.24. The molecule has 130 valence electrons. The third-order valence-corrected chi connectivity index (χ3v) is 4.64. The molecule has 0 aromatic carbocycles. The van der Waals surface area contributed by atoms with Gasteiger partial charge in [0, 0.05) is 44.1 Å². The van der Waals surface area contributed by atoms with Gasteiger partial charge in [-0.1, -0.05) is 6.92 Å². The molecule has 0 atom stereocenters. The quantitative estimate of drug-likeness (QED) is 0.822. The van der Waals surface area contributed by atoms with Gasteiger partial charge in [0.15, 0.2) is 5.82 Å². The van der Waals surface area contributed by atoms with E-state index >= 15 is 0 Å². The third kappa shape index (κ3) is 4.11. The van der Waals surface area contributed by atoms with Crippen molar-refractivity contribution < 1.29 is 4.74 Å². The number of nitrogens with zero attached hydrogens (tertiary/aromatic N) is 6. The molecule has 7 nitrogen and oxygen atoms in total. The van der Waals surface area contributed by atoms with E-state index in [4.69, 9.17) is 4.74 Å². The molecule has 0 unspecified atom stereocenters. The number of hydrogen-bond acceptors (Lipinski definition) is 8. The van der Waals surface area contributed by atoms with Gasteiger partial charge in [0.2, 0.25) is 11.0 Å². The summed E-state index contributed by atoms with van der Waals surface area (Å²) in [6, 6.07) is 0. The lowest BCUT2D eigenvalue weighted by atomic mass is 10.4. The Bertz CT molecular complexity index is 662. The summed E-state index contributed by atoms with van der Waals surface area (Å²) in [7, 11) is 0. The highest BCUT2D eigenvalue weighted by Gasteiger charge is 2.19. The van der Waals surface area contributed by atoms with Gasteiger partial charge in [0.1, 0.15) is 5.82 Å². The molecular weight excluding hydrogens is 324 g/mol. The minimum Gasteiger partial charge on any atom is -0.474 e. The number of anilines is 2. The van der Waals surface area contributed by atoms with Crippen LogP contribution in [0.1, 0.15) is 33.0 Å². The first-order chi connectivity index (χ1) is 11.7. The van der Waals surface area contributed by atoms with Crippen LogP contribution in [-0.4, -0.2) is 51.6 Å². The van der Waals surface area contributed by atoms with Crippen molar-refractivity contribution in [1.29, 1.82) is 0 Å². The Morgan fingerprint density at radius 1 is 1.12 bits per heavy atom. The Hall–Kier alpha value is -1.96. The average Bonchev–Trinajstić information content (AvgIpc) is 2.91. The van der Waals surface area contributed by atoms with Crippen LogP contribution >= 0.6 is 11.5 Å². The molecular formula is C16H24N6OS. The molecule has 3 rings (SSSR count). The van der Waals surface area contributed by atoms with E-state index in [0.717, 1.165) is 55.8 Å². The lowest BCUT2D eigenvalue weighted by Gasteiger charge is -2.22. The van der Waals surface area contributed by atoms with Gasteiger partial charge in [0.05, 0.1) is 18.5 Å². The fourth-order valence-electron chi connectivity index (χ4n) is 2.64. The standard InChI is InChI=1S/C16H24N6OS/c1-4-13-18-16(24-20-13)22-7-5-6-21(8-9-22)14-10-17-11-15(19-14)23-12(2)3/h10-12H,4-9H2,1-3H3. The van der Waals surface area contributed by atoms with Gasteiger partial charge in [-0.15, -0.1) is 0 Å². The molecule has 0 amide bonds. The Balaban J connectivity index is 1.67. The minimum atomic E-state index is 0.0966. The van der Waals surface area contributed by atoms with Crippen molar-refractivity contribution in [3.63, 3.8) is 0 Å². The van der Waals surface area contributed by atoms with E-state index in [1.807, 2.05) is 20.0 Å². The van der Waals surface area contributed by atoms with Gasteiger partial charge in [-0.25, -0.2) is 4.98 Å². The molecule has 1 aliphatic rings. The van der Waals surface area contributed by atoms with Crippen LogP contribution in [0.25, 0.3) is 0 Å². The van der Waals surface area contributed by atoms with E-state index in [2.05, 4.69) is 36.0 Å². The molecule has 0 radical (unpaired) electrons. The van der Waals surface area contributed by atoms with Crippen molar-refractivity contribution >= 4 is 22.5 Å². The molecule has 8 heteroatoms. The number of ether oxygens (including phenoxy) is 1. The molecule has 1 fully saturated rings. The second-order valence-electron chi connectivity index (χ2n) is 6.06. The minimum absolute atomic E-state index is 0.0966. The lowest BCUT2D eigenvalue weighted by Crippen LogP contribution is -2.31. The molecule has 3 heterocycles. The van der Waals surface area contributed by atoms with Crippen molar-refractivity contribution in [2.45, 2.75) is 39.7 Å². The van der Waals surface area contributed by atoms with Crippen LogP contribution < -0.4 is 14.5 Å². The summed E-state index contributed by atoms with van der Waals surface area (Å²) in [6.45, 7) is 9.81. The van der Waals surface area contributed by atoms with E-state index < -0.39 is 0 Å².